The Bertz CT molecular complexity index is 152. The van der Waals surface area contributed by atoms with Crippen LogP contribution in [0.4, 0.5) is 0 Å². The Morgan fingerprint density at radius 1 is 1.64 bits per heavy atom. The van der Waals surface area contributed by atoms with Crippen LogP contribution in [0.15, 0.2) is 0 Å². The van der Waals surface area contributed by atoms with Crippen molar-refractivity contribution in [3.63, 3.8) is 0 Å². The minimum Gasteiger partial charge on any atom is -0.463 e. The minimum atomic E-state index is 0.00634. The van der Waals surface area contributed by atoms with Crippen LogP contribution < -0.4 is 0 Å². The summed E-state index contributed by atoms with van der Waals surface area (Å²) in [7, 11) is 0. The number of esters is 1. The maximum Gasteiger partial charge on any atom is 0.309 e. The Morgan fingerprint density at radius 3 is 2.64 bits per heavy atom. The van der Waals surface area contributed by atoms with Gasteiger partial charge in [-0.15, -0.1) is 0 Å². The van der Waals surface area contributed by atoms with Crippen molar-refractivity contribution in [3.05, 3.63) is 0 Å². The fourth-order valence-corrected chi connectivity index (χ4v) is 1.31. The van der Waals surface area contributed by atoms with E-state index in [0.29, 0.717) is 5.92 Å². The minimum absolute atomic E-state index is 0.00634. The average Bonchev–Trinajstić information content (AvgIpc) is 2.63. The topological polar surface area (TPSA) is 26.3 Å². The van der Waals surface area contributed by atoms with Crippen LogP contribution in [0.25, 0.3) is 0 Å². The number of hydrogen-bond acceptors (Lipinski definition) is 2. The van der Waals surface area contributed by atoms with E-state index in [1.54, 1.807) is 0 Å². The van der Waals surface area contributed by atoms with Gasteiger partial charge in [-0.2, -0.15) is 0 Å². The molecule has 2 unspecified atom stereocenters. The van der Waals surface area contributed by atoms with Crippen molar-refractivity contribution in [1.29, 1.82) is 0 Å². The van der Waals surface area contributed by atoms with Crippen LogP contribution in [0.2, 0.25) is 0 Å². The van der Waals surface area contributed by atoms with Gasteiger partial charge in [0, 0.05) is 0 Å². The Hall–Kier alpha value is -0.530. The maximum absolute atomic E-state index is 11.2. The van der Waals surface area contributed by atoms with E-state index in [-0.39, 0.29) is 18.0 Å². The van der Waals surface area contributed by atoms with Crippen LogP contribution in [0.1, 0.15) is 33.6 Å². The molecule has 0 aliphatic heterocycles. The molecule has 0 radical (unpaired) electrons. The van der Waals surface area contributed by atoms with Crippen LogP contribution in [0.5, 0.6) is 0 Å². The Morgan fingerprint density at radius 2 is 2.27 bits per heavy atom. The molecule has 0 saturated heterocycles. The van der Waals surface area contributed by atoms with Crippen LogP contribution in [0.3, 0.4) is 0 Å². The molecule has 2 atom stereocenters. The van der Waals surface area contributed by atoms with E-state index in [9.17, 15) is 4.79 Å². The lowest BCUT2D eigenvalue weighted by Crippen LogP contribution is -2.13. The van der Waals surface area contributed by atoms with Gasteiger partial charge in [-0.25, -0.2) is 0 Å². The number of ether oxygens (including phenoxy) is 1. The molecule has 0 N–H and O–H groups in total. The zero-order valence-electron chi connectivity index (χ0n) is 7.46. The first-order valence-electron chi connectivity index (χ1n) is 4.35. The van der Waals surface area contributed by atoms with Gasteiger partial charge in [0.2, 0.25) is 0 Å². The molecule has 1 rings (SSSR count). The largest absolute Gasteiger partial charge is 0.463 e. The summed E-state index contributed by atoms with van der Waals surface area (Å²) in [6, 6.07) is 0. The van der Waals surface area contributed by atoms with Crippen molar-refractivity contribution in [2.45, 2.75) is 39.7 Å². The van der Waals surface area contributed by atoms with Crippen molar-refractivity contribution in [2.75, 3.05) is 0 Å². The highest BCUT2D eigenvalue weighted by Gasteiger charge is 2.42. The monoisotopic (exact) mass is 156 g/mol. The predicted molar refractivity (Wildman–Crippen MR) is 43.1 cm³/mol. The molecule has 0 amide bonds. The van der Waals surface area contributed by atoms with Gasteiger partial charge in [0.15, 0.2) is 0 Å². The molecule has 0 aromatic heterocycles. The molecule has 64 valence electrons. The van der Waals surface area contributed by atoms with Crippen LogP contribution in [0, 0.1) is 11.8 Å². The van der Waals surface area contributed by atoms with E-state index >= 15 is 0 Å². The average molecular weight is 156 g/mol. The van der Waals surface area contributed by atoms with Crippen molar-refractivity contribution >= 4 is 5.97 Å². The zero-order valence-corrected chi connectivity index (χ0v) is 7.46. The molecular formula is C9H16O2. The van der Waals surface area contributed by atoms with Gasteiger partial charge in [0.05, 0.1) is 12.0 Å². The second-order valence-electron chi connectivity index (χ2n) is 3.50. The summed E-state index contributed by atoms with van der Waals surface area (Å²) in [5, 5.41) is 0. The molecule has 1 aliphatic carbocycles. The third-order valence-electron chi connectivity index (χ3n) is 2.10. The van der Waals surface area contributed by atoms with Crippen LogP contribution in [-0.2, 0) is 9.53 Å². The highest BCUT2D eigenvalue weighted by molar-refractivity contribution is 5.75. The molecule has 2 nitrogen and oxygen atoms in total. The van der Waals surface area contributed by atoms with Crippen molar-refractivity contribution < 1.29 is 9.53 Å². The fourth-order valence-electron chi connectivity index (χ4n) is 1.31. The smallest absolute Gasteiger partial charge is 0.309 e. The van der Waals surface area contributed by atoms with Gasteiger partial charge in [0.1, 0.15) is 0 Å². The lowest BCUT2D eigenvalue weighted by Gasteiger charge is -2.06. The number of carbonyl (C=O) groups is 1. The van der Waals surface area contributed by atoms with Crippen molar-refractivity contribution in [3.8, 4) is 0 Å². The normalized spacial score (nSPS) is 28.7. The third-order valence-corrected chi connectivity index (χ3v) is 2.10. The van der Waals surface area contributed by atoms with E-state index in [1.807, 2.05) is 13.8 Å². The number of carbonyl (C=O) groups excluding carboxylic acids is 1. The van der Waals surface area contributed by atoms with Crippen molar-refractivity contribution in [1.82, 2.24) is 0 Å². The van der Waals surface area contributed by atoms with Crippen LogP contribution >= 0.6 is 0 Å². The lowest BCUT2D eigenvalue weighted by atomic mass is 10.2. The molecule has 1 fully saturated rings. The summed E-state index contributed by atoms with van der Waals surface area (Å²) in [6.45, 7) is 5.90. The summed E-state index contributed by atoms with van der Waals surface area (Å²) in [5.74, 6) is 0.843. The first-order valence-corrected chi connectivity index (χ1v) is 4.35. The Labute approximate surface area is 67.9 Å². The van der Waals surface area contributed by atoms with E-state index in [2.05, 4.69) is 6.92 Å². The quantitative estimate of drug-likeness (QED) is 0.584. The van der Waals surface area contributed by atoms with E-state index in [1.165, 1.54) is 0 Å². The second-order valence-corrected chi connectivity index (χ2v) is 3.50. The number of hydrogen-bond donors (Lipinski definition) is 0. The maximum atomic E-state index is 11.2. The highest BCUT2D eigenvalue weighted by atomic mass is 16.5. The van der Waals surface area contributed by atoms with E-state index in [0.717, 1.165) is 12.8 Å². The second kappa shape index (κ2) is 3.24. The molecule has 0 spiro atoms. The fraction of sp³-hybridized carbons (Fsp3) is 0.889. The van der Waals surface area contributed by atoms with Crippen LogP contribution in [-0.4, -0.2) is 12.1 Å². The predicted octanol–water partition coefficient (Wildman–Crippen LogP) is 1.98. The molecule has 0 heterocycles. The summed E-state index contributed by atoms with van der Waals surface area (Å²) in [4.78, 5) is 11.2. The van der Waals surface area contributed by atoms with Gasteiger partial charge in [-0.3, -0.25) is 4.79 Å². The molecule has 1 saturated carbocycles. The SMILES string of the molecule is CCC1CC1C(=O)OC(C)C. The standard InChI is InChI=1S/C9H16O2/c1-4-7-5-8(7)9(10)11-6(2)3/h6-8H,4-5H2,1-3H3. The summed E-state index contributed by atoms with van der Waals surface area (Å²) >= 11 is 0. The molecule has 2 heteroatoms. The summed E-state index contributed by atoms with van der Waals surface area (Å²) in [6.07, 6.45) is 2.19. The Balaban J connectivity index is 2.23. The molecule has 0 aromatic carbocycles. The first kappa shape index (κ1) is 8.57. The molecule has 11 heavy (non-hydrogen) atoms. The van der Waals surface area contributed by atoms with E-state index in [4.69, 9.17) is 4.74 Å². The Kier molecular flexibility index (Phi) is 2.53. The lowest BCUT2D eigenvalue weighted by molar-refractivity contribution is -0.149. The van der Waals surface area contributed by atoms with Gasteiger partial charge in [-0.05, 0) is 26.2 Å². The van der Waals surface area contributed by atoms with Gasteiger partial charge >= 0.3 is 5.97 Å². The van der Waals surface area contributed by atoms with E-state index < -0.39 is 0 Å². The first-order chi connectivity index (χ1) is 5.15. The molecule has 0 bridgehead atoms. The van der Waals surface area contributed by atoms with Crippen molar-refractivity contribution in [2.24, 2.45) is 11.8 Å². The molecular weight excluding hydrogens is 140 g/mol. The summed E-state index contributed by atoms with van der Waals surface area (Å²) in [5.41, 5.74) is 0. The highest BCUT2D eigenvalue weighted by Crippen LogP contribution is 2.41. The molecule has 0 aromatic rings. The van der Waals surface area contributed by atoms with Gasteiger partial charge < -0.3 is 4.74 Å². The third kappa shape index (κ3) is 2.21. The number of rotatable bonds is 3. The summed E-state index contributed by atoms with van der Waals surface area (Å²) < 4.78 is 5.07. The van der Waals surface area contributed by atoms with Gasteiger partial charge in [-0.1, -0.05) is 13.3 Å². The molecule has 1 aliphatic rings. The van der Waals surface area contributed by atoms with Gasteiger partial charge in [0.25, 0.3) is 0 Å². The zero-order chi connectivity index (χ0) is 8.43.